The van der Waals surface area contributed by atoms with Gasteiger partial charge in [0, 0.05) is 12.6 Å². The monoisotopic (exact) mass is 299 g/mol. The standard InChI is InChI=1S/C13H12Cl2FN3/c1-8(9-5-3-4-6-11(9)16)19(2)12-10(14)7-17-13(15)18-12/h3-8H,1-2H3. The van der Waals surface area contributed by atoms with Gasteiger partial charge in [-0.25, -0.2) is 9.37 Å². The summed E-state index contributed by atoms with van der Waals surface area (Å²) in [6, 6.07) is 6.36. The van der Waals surface area contributed by atoms with Crippen molar-refractivity contribution >= 4 is 29.0 Å². The van der Waals surface area contributed by atoms with Crippen LogP contribution in [0.3, 0.4) is 0 Å². The highest BCUT2D eigenvalue weighted by molar-refractivity contribution is 6.33. The van der Waals surface area contributed by atoms with Crippen LogP contribution < -0.4 is 4.90 Å². The normalized spacial score (nSPS) is 12.3. The zero-order valence-electron chi connectivity index (χ0n) is 10.4. The van der Waals surface area contributed by atoms with E-state index >= 15 is 0 Å². The summed E-state index contributed by atoms with van der Waals surface area (Å²) in [5.74, 6) is 0.204. The number of halogens is 3. The van der Waals surface area contributed by atoms with Gasteiger partial charge in [0.05, 0.1) is 12.2 Å². The molecule has 2 rings (SSSR count). The topological polar surface area (TPSA) is 29.0 Å². The predicted octanol–water partition coefficient (Wildman–Crippen LogP) is 4.12. The fourth-order valence-corrected chi connectivity index (χ4v) is 2.14. The summed E-state index contributed by atoms with van der Waals surface area (Å²) in [7, 11) is 1.78. The molecule has 0 fully saturated rings. The fraction of sp³-hybridized carbons (Fsp3) is 0.231. The Labute approximate surface area is 121 Å². The molecular formula is C13H12Cl2FN3. The third kappa shape index (κ3) is 2.96. The smallest absolute Gasteiger partial charge is 0.224 e. The van der Waals surface area contributed by atoms with Gasteiger partial charge in [-0.15, -0.1) is 0 Å². The van der Waals surface area contributed by atoms with Crippen LogP contribution in [-0.2, 0) is 0 Å². The molecule has 6 heteroatoms. The summed E-state index contributed by atoms with van der Waals surface area (Å²) >= 11 is 11.8. The minimum atomic E-state index is -0.266. The van der Waals surface area contributed by atoms with Crippen LogP contribution in [0.2, 0.25) is 10.3 Å². The second kappa shape index (κ2) is 5.72. The Morgan fingerprint density at radius 1 is 1.26 bits per heavy atom. The molecule has 1 unspecified atom stereocenters. The maximum Gasteiger partial charge on any atom is 0.224 e. The first kappa shape index (κ1) is 14.0. The Balaban J connectivity index is 2.36. The first-order valence-electron chi connectivity index (χ1n) is 5.66. The summed E-state index contributed by atoms with van der Waals surface area (Å²) in [6.45, 7) is 1.87. The molecule has 1 aromatic heterocycles. The van der Waals surface area contributed by atoms with Gasteiger partial charge in [0.15, 0.2) is 5.82 Å². The van der Waals surface area contributed by atoms with Crippen molar-refractivity contribution in [3.05, 3.63) is 52.1 Å². The molecule has 19 heavy (non-hydrogen) atoms. The second-order valence-corrected chi connectivity index (χ2v) is 4.86. The number of hydrogen-bond donors (Lipinski definition) is 0. The Morgan fingerprint density at radius 3 is 2.63 bits per heavy atom. The Bertz CT molecular complexity index is 592. The maximum absolute atomic E-state index is 13.8. The molecule has 0 saturated heterocycles. The van der Waals surface area contributed by atoms with Crippen LogP contribution in [0.1, 0.15) is 18.5 Å². The van der Waals surface area contributed by atoms with Crippen LogP contribution in [0.15, 0.2) is 30.5 Å². The minimum absolute atomic E-state index is 0.104. The molecule has 1 atom stereocenters. The van der Waals surface area contributed by atoms with Crippen molar-refractivity contribution in [3.63, 3.8) is 0 Å². The van der Waals surface area contributed by atoms with E-state index in [2.05, 4.69) is 9.97 Å². The third-order valence-corrected chi connectivity index (χ3v) is 3.42. The number of benzene rings is 1. The summed E-state index contributed by atoms with van der Waals surface area (Å²) < 4.78 is 13.8. The molecule has 1 heterocycles. The minimum Gasteiger partial charge on any atom is -0.351 e. The zero-order valence-corrected chi connectivity index (χ0v) is 12.0. The third-order valence-electron chi connectivity index (χ3n) is 2.97. The molecule has 0 spiro atoms. The highest BCUT2D eigenvalue weighted by Gasteiger charge is 2.19. The SMILES string of the molecule is CC(c1ccccc1F)N(C)c1nc(Cl)ncc1Cl. The van der Waals surface area contributed by atoms with Crippen molar-refractivity contribution in [3.8, 4) is 0 Å². The average molecular weight is 300 g/mol. The van der Waals surface area contributed by atoms with E-state index < -0.39 is 0 Å². The van der Waals surface area contributed by atoms with Crippen molar-refractivity contribution in [2.24, 2.45) is 0 Å². The molecule has 0 amide bonds. The van der Waals surface area contributed by atoms with Crippen LogP contribution in [0.25, 0.3) is 0 Å². The van der Waals surface area contributed by atoms with E-state index in [1.54, 1.807) is 30.1 Å². The van der Waals surface area contributed by atoms with Crippen LogP contribution >= 0.6 is 23.2 Å². The van der Waals surface area contributed by atoms with E-state index in [-0.39, 0.29) is 17.1 Å². The first-order valence-corrected chi connectivity index (χ1v) is 6.41. The highest BCUT2D eigenvalue weighted by Crippen LogP contribution is 2.30. The van der Waals surface area contributed by atoms with Gasteiger partial charge in [-0.1, -0.05) is 29.8 Å². The predicted molar refractivity (Wildman–Crippen MR) is 75.3 cm³/mol. The number of rotatable bonds is 3. The fourth-order valence-electron chi connectivity index (χ4n) is 1.79. The lowest BCUT2D eigenvalue weighted by molar-refractivity contribution is 0.584. The highest BCUT2D eigenvalue weighted by atomic mass is 35.5. The molecule has 0 bridgehead atoms. The molecule has 0 N–H and O–H groups in total. The van der Waals surface area contributed by atoms with Crippen molar-refractivity contribution in [2.75, 3.05) is 11.9 Å². The molecular weight excluding hydrogens is 288 g/mol. The van der Waals surface area contributed by atoms with Crippen LogP contribution in [0, 0.1) is 5.82 Å². The van der Waals surface area contributed by atoms with Crippen LogP contribution in [0.4, 0.5) is 10.2 Å². The molecule has 0 aliphatic carbocycles. The van der Waals surface area contributed by atoms with Gasteiger partial charge in [-0.2, -0.15) is 4.98 Å². The zero-order chi connectivity index (χ0) is 14.0. The van der Waals surface area contributed by atoms with Gasteiger partial charge in [-0.05, 0) is 24.6 Å². The van der Waals surface area contributed by atoms with Gasteiger partial charge in [-0.3, -0.25) is 0 Å². The van der Waals surface area contributed by atoms with Crippen LogP contribution in [0.5, 0.6) is 0 Å². The van der Waals surface area contributed by atoms with Crippen LogP contribution in [-0.4, -0.2) is 17.0 Å². The summed E-state index contributed by atoms with van der Waals surface area (Å²) in [5.41, 5.74) is 0.566. The van der Waals surface area contributed by atoms with E-state index in [1.807, 2.05) is 6.92 Å². The summed E-state index contributed by atoms with van der Waals surface area (Å²) in [5, 5.41) is 0.474. The van der Waals surface area contributed by atoms with E-state index in [4.69, 9.17) is 23.2 Å². The van der Waals surface area contributed by atoms with Gasteiger partial charge in [0.1, 0.15) is 10.8 Å². The molecule has 0 aliphatic rings. The van der Waals surface area contributed by atoms with E-state index in [0.717, 1.165) is 0 Å². The molecule has 2 aromatic rings. The van der Waals surface area contributed by atoms with E-state index in [1.165, 1.54) is 12.3 Å². The molecule has 3 nitrogen and oxygen atoms in total. The van der Waals surface area contributed by atoms with Crippen molar-refractivity contribution in [1.29, 1.82) is 0 Å². The molecule has 0 radical (unpaired) electrons. The molecule has 1 aromatic carbocycles. The Kier molecular flexibility index (Phi) is 4.22. The first-order chi connectivity index (χ1) is 9.00. The number of hydrogen-bond acceptors (Lipinski definition) is 3. The second-order valence-electron chi connectivity index (χ2n) is 4.12. The average Bonchev–Trinajstić information content (AvgIpc) is 2.40. The lowest BCUT2D eigenvalue weighted by Crippen LogP contribution is -2.24. The molecule has 0 saturated carbocycles. The van der Waals surface area contributed by atoms with Gasteiger partial charge in [0.2, 0.25) is 5.28 Å². The van der Waals surface area contributed by atoms with Gasteiger partial charge in [0.25, 0.3) is 0 Å². The van der Waals surface area contributed by atoms with E-state index in [0.29, 0.717) is 16.4 Å². The summed E-state index contributed by atoms with van der Waals surface area (Å²) in [6.07, 6.45) is 1.43. The Hall–Kier alpha value is -1.39. The molecule has 0 aliphatic heterocycles. The van der Waals surface area contributed by atoms with E-state index in [9.17, 15) is 4.39 Å². The lowest BCUT2D eigenvalue weighted by atomic mass is 10.1. The van der Waals surface area contributed by atoms with Crippen molar-refractivity contribution < 1.29 is 4.39 Å². The quantitative estimate of drug-likeness (QED) is 0.798. The lowest BCUT2D eigenvalue weighted by Gasteiger charge is -2.27. The molecule has 100 valence electrons. The van der Waals surface area contributed by atoms with Gasteiger partial charge < -0.3 is 4.90 Å². The number of nitrogens with zero attached hydrogens (tertiary/aromatic N) is 3. The van der Waals surface area contributed by atoms with Crippen molar-refractivity contribution in [1.82, 2.24) is 9.97 Å². The Morgan fingerprint density at radius 2 is 1.95 bits per heavy atom. The summed E-state index contributed by atoms with van der Waals surface area (Å²) in [4.78, 5) is 9.63. The number of aromatic nitrogens is 2. The number of anilines is 1. The maximum atomic E-state index is 13.8. The van der Waals surface area contributed by atoms with Crippen molar-refractivity contribution in [2.45, 2.75) is 13.0 Å². The van der Waals surface area contributed by atoms with Gasteiger partial charge >= 0.3 is 0 Å². The largest absolute Gasteiger partial charge is 0.351 e.